The van der Waals surface area contributed by atoms with Gasteiger partial charge in [0.2, 0.25) is 0 Å². The van der Waals surface area contributed by atoms with Crippen LogP contribution in [0.5, 0.6) is 0 Å². The molecule has 0 saturated carbocycles. The van der Waals surface area contributed by atoms with Crippen LogP contribution in [-0.2, 0) is 0 Å². The smallest absolute Gasteiger partial charge is 0.136 e. The van der Waals surface area contributed by atoms with Crippen molar-refractivity contribution in [3.63, 3.8) is 0 Å². The van der Waals surface area contributed by atoms with Crippen LogP contribution in [0.15, 0.2) is 223 Å². The van der Waals surface area contributed by atoms with E-state index in [0.717, 1.165) is 78.1 Å². The van der Waals surface area contributed by atoms with Gasteiger partial charge in [0, 0.05) is 44.0 Å². The molecular formula is C54H36N2O. The largest absolute Gasteiger partial charge is 0.456 e. The topological polar surface area (TPSA) is 21.3 Å². The fraction of sp³-hybridized carbons (Fsp3) is 0. The molecule has 9 aromatic carbocycles. The molecule has 3 nitrogen and oxygen atoms in total. The molecule has 2 aromatic heterocycles. The minimum absolute atomic E-state index is 0.882. The first-order chi connectivity index (χ1) is 28.3. The predicted molar refractivity (Wildman–Crippen MR) is 239 cm³/mol. The Labute approximate surface area is 330 Å². The van der Waals surface area contributed by atoms with E-state index in [4.69, 9.17) is 4.42 Å². The minimum Gasteiger partial charge on any atom is -0.456 e. The lowest BCUT2D eigenvalue weighted by atomic mass is 9.95. The lowest BCUT2D eigenvalue weighted by molar-refractivity contribution is 0.669. The number of rotatable bonds is 7. The Morgan fingerprint density at radius 3 is 1.65 bits per heavy atom. The molecule has 0 saturated heterocycles. The van der Waals surface area contributed by atoms with Crippen LogP contribution in [0.3, 0.4) is 0 Å². The van der Waals surface area contributed by atoms with Gasteiger partial charge in [-0.15, -0.1) is 0 Å². The Bertz CT molecular complexity index is 3190. The Morgan fingerprint density at radius 1 is 0.351 bits per heavy atom. The van der Waals surface area contributed by atoms with Crippen LogP contribution in [0, 0.1) is 0 Å². The van der Waals surface area contributed by atoms with E-state index in [-0.39, 0.29) is 0 Å². The lowest BCUT2D eigenvalue weighted by Crippen LogP contribution is -2.12. The van der Waals surface area contributed by atoms with Crippen LogP contribution in [0.25, 0.3) is 82.8 Å². The number of furan rings is 1. The average molecular weight is 729 g/mol. The number of fused-ring (bicyclic) bond motifs is 6. The number of nitrogens with zero attached hydrogens (tertiary/aromatic N) is 2. The molecule has 0 aliphatic carbocycles. The van der Waals surface area contributed by atoms with Gasteiger partial charge in [-0.1, -0.05) is 158 Å². The van der Waals surface area contributed by atoms with Crippen molar-refractivity contribution in [1.82, 2.24) is 4.57 Å². The van der Waals surface area contributed by atoms with Crippen molar-refractivity contribution in [3.05, 3.63) is 218 Å². The van der Waals surface area contributed by atoms with Crippen LogP contribution >= 0.6 is 0 Å². The third kappa shape index (κ3) is 5.51. The molecule has 0 atom stereocenters. The molecule has 3 heteroatoms. The van der Waals surface area contributed by atoms with Gasteiger partial charge in [0.1, 0.15) is 11.2 Å². The maximum atomic E-state index is 6.38. The van der Waals surface area contributed by atoms with Crippen molar-refractivity contribution >= 4 is 60.8 Å². The highest BCUT2D eigenvalue weighted by molar-refractivity contribution is 6.14. The van der Waals surface area contributed by atoms with Crippen LogP contribution < -0.4 is 4.90 Å². The third-order valence-electron chi connectivity index (χ3n) is 11.2. The van der Waals surface area contributed by atoms with E-state index in [1.165, 1.54) is 21.8 Å². The summed E-state index contributed by atoms with van der Waals surface area (Å²) in [5, 5.41) is 4.75. The van der Waals surface area contributed by atoms with E-state index in [1.54, 1.807) is 0 Å². The zero-order valence-corrected chi connectivity index (χ0v) is 31.1. The second-order valence-electron chi connectivity index (χ2n) is 14.5. The van der Waals surface area contributed by atoms with Crippen molar-refractivity contribution in [2.45, 2.75) is 0 Å². The van der Waals surface area contributed by atoms with E-state index in [9.17, 15) is 0 Å². The van der Waals surface area contributed by atoms with Gasteiger partial charge < -0.3 is 13.9 Å². The summed E-state index contributed by atoms with van der Waals surface area (Å²) in [5.74, 6) is 0. The third-order valence-corrected chi connectivity index (χ3v) is 11.2. The van der Waals surface area contributed by atoms with Crippen LogP contribution in [0.1, 0.15) is 0 Å². The minimum atomic E-state index is 0.882. The maximum Gasteiger partial charge on any atom is 0.136 e. The molecule has 11 rings (SSSR count). The van der Waals surface area contributed by atoms with Crippen LogP contribution in [0.4, 0.5) is 17.1 Å². The summed E-state index contributed by atoms with van der Waals surface area (Å²) in [4.78, 5) is 2.41. The number of para-hydroxylation sites is 5. The van der Waals surface area contributed by atoms with Crippen molar-refractivity contribution in [1.29, 1.82) is 0 Å². The second kappa shape index (κ2) is 13.6. The van der Waals surface area contributed by atoms with E-state index >= 15 is 0 Å². The zero-order valence-electron chi connectivity index (χ0n) is 31.1. The standard InChI is InChI=1S/C54H36N2O/c1-2-16-38(17-3-1)42-20-4-9-26-48(42)55(51-29-12-7-23-45(51)46-25-15-31-53-54(46)47-24-8-13-30-52(47)57-53)40-34-32-37(33-35-40)39-18-14-19-41(36-39)56-49-27-10-5-21-43(49)44-22-6-11-28-50(44)56/h1-36H. The first kappa shape index (κ1) is 32.8. The Kier molecular flexibility index (Phi) is 7.82. The van der Waals surface area contributed by atoms with Gasteiger partial charge in [-0.25, -0.2) is 0 Å². The molecule has 0 amide bonds. The normalized spacial score (nSPS) is 11.5. The predicted octanol–water partition coefficient (Wildman–Crippen LogP) is 15.2. The molecule has 0 aliphatic rings. The molecule has 2 heterocycles. The fourth-order valence-electron chi connectivity index (χ4n) is 8.66. The molecule has 0 fully saturated rings. The van der Waals surface area contributed by atoms with Gasteiger partial charge in [0.05, 0.1) is 22.4 Å². The molecular weight excluding hydrogens is 693 g/mol. The second-order valence-corrected chi connectivity index (χ2v) is 14.5. The van der Waals surface area contributed by atoms with Gasteiger partial charge in [0.15, 0.2) is 0 Å². The maximum absolute atomic E-state index is 6.38. The Morgan fingerprint density at radius 2 is 0.895 bits per heavy atom. The highest BCUT2D eigenvalue weighted by atomic mass is 16.3. The zero-order chi connectivity index (χ0) is 37.7. The molecule has 0 bridgehead atoms. The van der Waals surface area contributed by atoms with Crippen LogP contribution in [0.2, 0.25) is 0 Å². The molecule has 11 aromatic rings. The van der Waals surface area contributed by atoms with Gasteiger partial charge in [-0.05, 0) is 82.9 Å². The Balaban J connectivity index is 1.07. The van der Waals surface area contributed by atoms with Crippen molar-refractivity contribution in [3.8, 4) is 39.1 Å². The SMILES string of the molecule is c1ccc(-c2ccccc2N(c2ccc(-c3cccc(-n4c5ccccc5c5ccccc54)c3)cc2)c2ccccc2-c2cccc3oc4ccccc4c23)cc1. The average Bonchev–Trinajstić information content (AvgIpc) is 3.84. The van der Waals surface area contributed by atoms with E-state index in [2.05, 4.69) is 216 Å². The molecule has 0 unspecified atom stereocenters. The quantitative estimate of drug-likeness (QED) is 0.163. The van der Waals surface area contributed by atoms with Crippen molar-refractivity contribution in [2.24, 2.45) is 0 Å². The van der Waals surface area contributed by atoms with Gasteiger partial charge in [-0.3, -0.25) is 0 Å². The summed E-state index contributed by atoms with van der Waals surface area (Å²) >= 11 is 0. The molecule has 0 spiro atoms. The highest BCUT2D eigenvalue weighted by Crippen LogP contribution is 2.47. The van der Waals surface area contributed by atoms with Crippen LogP contribution in [-0.4, -0.2) is 4.57 Å². The Hall–Kier alpha value is -7.62. The fourth-order valence-corrected chi connectivity index (χ4v) is 8.66. The van der Waals surface area contributed by atoms with E-state index in [1.807, 2.05) is 12.1 Å². The number of aromatic nitrogens is 1. The summed E-state index contributed by atoms with van der Waals surface area (Å²) in [6.07, 6.45) is 0. The summed E-state index contributed by atoms with van der Waals surface area (Å²) < 4.78 is 8.76. The summed E-state index contributed by atoms with van der Waals surface area (Å²) in [6.45, 7) is 0. The number of hydrogen-bond acceptors (Lipinski definition) is 2. The van der Waals surface area contributed by atoms with E-state index in [0.29, 0.717) is 0 Å². The molecule has 57 heavy (non-hydrogen) atoms. The van der Waals surface area contributed by atoms with Gasteiger partial charge >= 0.3 is 0 Å². The number of anilines is 3. The molecule has 0 aliphatic heterocycles. The highest BCUT2D eigenvalue weighted by Gasteiger charge is 2.22. The van der Waals surface area contributed by atoms with E-state index < -0.39 is 0 Å². The van der Waals surface area contributed by atoms with Crippen molar-refractivity contribution in [2.75, 3.05) is 4.90 Å². The number of benzene rings is 9. The first-order valence-corrected chi connectivity index (χ1v) is 19.4. The molecule has 0 N–H and O–H groups in total. The van der Waals surface area contributed by atoms with Crippen molar-refractivity contribution < 1.29 is 4.42 Å². The lowest BCUT2D eigenvalue weighted by Gasteiger charge is -2.30. The number of hydrogen-bond donors (Lipinski definition) is 0. The van der Waals surface area contributed by atoms with Gasteiger partial charge in [-0.2, -0.15) is 0 Å². The summed E-state index contributed by atoms with van der Waals surface area (Å²) in [5.41, 5.74) is 15.5. The summed E-state index contributed by atoms with van der Waals surface area (Å²) in [6, 6.07) is 78.1. The molecule has 0 radical (unpaired) electrons. The monoisotopic (exact) mass is 728 g/mol. The summed E-state index contributed by atoms with van der Waals surface area (Å²) in [7, 11) is 0. The molecule has 268 valence electrons. The first-order valence-electron chi connectivity index (χ1n) is 19.4. The van der Waals surface area contributed by atoms with Gasteiger partial charge in [0.25, 0.3) is 0 Å².